The first-order valence-electron chi connectivity index (χ1n) is 7.59. The van der Waals surface area contributed by atoms with Crippen LogP contribution in [0.4, 0.5) is 11.4 Å². The fraction of sp³-hybridized carbons (Fsp3) is 0.625. The van der Waals surface area contributed by atoms with Crippen molar-refractivity contribution in [1.82, 2.24) is 0 Å². The molecule has 1 aromatic carbocycles. The molecule has 1 fully saturated rings. The first-order chi connectivity index (χ1) is 9.88. The molecule has 0 spiro atoms. The number of nitro benzene ring substituents is 1. The summed E-state index contributed by atoms with van der Waals surface area (Å²) in [4.78, 5) is 10.9. The first-order valence-corrected chi connectivity index (χ1v) is 8.38. The van der Waals surface area contributed by atoms with Crippen molar-refractivity contribution in [3.05, 3.63) is 32.8 Å². The molecular weight excluding hydrogens is 332 g/mol. The van der Waals surface area contributed by atoms with E-state index in [1.807, 2.05) is 6.07 Å². The van der Waals surface area contributed by atoms with Crippen molar-refractivity contribution in [2.75, 3.05) is 5.32 Å². The van der Waals surface area contributed by atoms with E-state index in [1.54, 1.807) is 12.1 Å². The van der Waals surface area contributed by atoms with Crippen molar-refractivity contribution in [2.24, 2.45) is 17.8 Å². The number of halogens is 1. The van der Waals surface area contributed by atoms with Crippen LogP contribution in [0.1, 0.15) is 40.0 Å². The van der Waals surface area contributed by atoms with Gasteiger partial charge in [0.2, 0.25) is 0 Å². The lowest BCUT2D eigenvalue weighted by Gasteiger charge is -2.38. The molecule has 1 N–H and O–H groups in total. The average Bonchev–Trinajstić information content (AvgIpc) is 2.40. The number of nitrogens with zero attached hydrogens (tertiary/aromatic N) is 1. The standard InChI is InChI=1S/C16H23BrN2O2/c1-10(2)13-6-4-11(3)8-15(13)18-14-7-5-12(17)9-16(14)19(20)21/h5,7,9-11,13,15,18H,4,6,8H2,1-3H3. The van der Waals surface area contributed by atoms with Gasteiger partial charge in [-0.1, -0.05) is 43.1 Å². The molecule has 1 aromatic rings. The van der Waals surface area contributed by atoms with Gasteiger partial charge in [-0.25, -0.2) is 0 Å². The minimum atomic E-state index is -0.316. The molecule has 1 saturated carbocycles. The van der Waals surface area contributed by atoms with Gasteiger partial charge in [-0.15, -0.1) is 0 Å². The minimum Gasteiger partial charge on any atom is -0.376 e. The molecule has 3 atom stereocenters. The van der Waals surface area contributed by atoms with E-state index in [0.29, 0.717) is 29.5 Å². The number of hydrogen-bond acceptors (Lipinski definition) is 3. The molecule has 1 aliphatic rings. The van der Waals surface area contributed by atoms with Crippen LogP contribution < -0.4 is 5.32 Å². The molecule has 21 heavy (non-hydrogen) atoms. The fourth-order valence-corrected chi connectivity index (χ4v) is 3.69. The zero-order chi connectivity index (χ0) is 15.6. The monoisotopic (exact) mass is 354 g/mol. The van der Waals surface area contributed by atoms with E-state index in [1.165, 1.54) is 12.8 Å². The van der Waals surface area contributed by atoms with Gasteiger partial charge in [0.05, 0.1) is 4.92 Å². The summed E-state index contributed by atoms with van der Waals surface area (Å²) >= 11 is 3.30. The molecule has 5 heteroatoms. The Kier molecular flexibility index (Phi) is 5.25. The van der Waals surface area contributed by atoms with E-state index in [9.17, 15) is 10.1 Å². The quantitative estimate of drug-likeness (QED) is 0.594. The van der Waals surface area contributed by atoms with E-state index < -0.39 is 0 Å². The van der Waals surface area contributed by atoms with Crippen molar-refractivity contribution in [3.63, 3.8) is 0 Å². The van der Waals surface area contributed by atoms with Crippen molar-refractivity contribution in [2.45, 2.75) is 46.1 Å². The van der Waals surface area contributed by atoms with Gasteiger partial charge >= 0.3 is 0 Å². The highest BCUT2D eigenvalue weighted by Crippen LogP contribution is 2.37. The number of hydrogen-bond donors (Lipinski definition) is 1. The number of nitro groups is 1. The van der Waals surface area contributed by atoms with E-state index in [4.69, 9.17) is 0 Å². The third kappa shape index (κ3) is 3.96. The summed E-state index contributed by atoms with van der Waals surface area (Å²) in [6.07, 6.45) is 3.53. The number of benzene rings is 1. The van der Waals surface area contributed by atoms with Crippen molar-refractivity contribution < 1.29 is 4.92 Å². The van der Waals surface area contributed by atoms with Gasteiger partial charge in [0.15, 0.2) is 0 Å². The molecule has 1 aliphatic carbocycles. The Hall–Kier alpha value is -1.10. The molecule has 3 unspecified atom stereocenters. The van der Waals surface area contributed by atoms with Crippen LogP contribution in [-0.2, 0) is 0 Å². The van der Waals surface area contributed by atoms with Crippen LogP contribution in [-0.4, -0.2) is 11.0 Å². The second kappa shape index (κ2) is 6.77. The lowest BCUT2D eigenvalue weighted by molar-refractivity contribution is -0.384. The van der Waals surface area contributed by atoms with E-state index in [0.717, 1.165) is 10.9 Å². The molecular formula is C16H23BrN2O2. The summed E-state index contributed by atoms with van der Waals surface area (Å²) in [6, 6.07) is 5.54. The van der Waals surface area contributed by atoms with Gasteiger partial charge in [0.25, 0.3) is 5.69 Å². The van der Waals surface area contributed by atoms with Gasteiger partial charge in [-0.05, 0) is 42.7 Å². The highest BCUT2D eigenvalue weighted by atomic mass is 79.9. The summed E-state index contributed by atoms with van der Waals surface area (Å²) in [6.45, 7) is 6.75. The normalized spacial score (nSPS) is 25.9. The van der Waals surface area contributed by atoms with Gasteiger partial charge in [0, 0.05) is 16.6 Å². The molecule has 0 bridgehead atoms. The maximum atomic E-state index is 11.2. The van der Waals surface area contributed by atoms with E-state index >= 15 is 0 Å². The Balaban J connectivity index is 2.24. The van der Waals surface area contributed by atoms with Crippen LogP contribution in [0.3, 0.4) is 0 Å². The summed E-state index contributed by atoms with van der Waals surface area (Å²) in [5.74, 6) is 1.83. The molecule has 0 heterocycles. The Morgan fingerprint density at radius 3 is 2.71 bits per heavy atom. The summed E-state index contributed by atoms with van der Waals surface area (Å²) in [7, 11) is 0. The molecule has 0 aliphatic heterocycles. The first kappa shape index (κ1) is 16.3. The lowest BCUT2D eigenvalue weighted by Crippen LogP contribution is -2.37. The van der Waals surface area contributed by atoms with Crippen molar-refractivity contribution in [1.29, 1.82) is 0 Å². The number of rotatable bonds is 4. The predicted octanol–water partition coefficient (Wildman–Crippen LogP) is 5.23. The molecule has 2 rings (SSSR count). The summed E-state index contributed by atoms with van der Waals surface area (Å²) < 4.78 is 0.733. The Morgan fingerprint density at radius 2 is 2.10 bits per heavy atom. The highest BCUT2D eigenvalue weighted by Gasteiger charge is 2.31. The summed E-state index contributed by atoms with van der Waals surface area (Å²) in [5.41, 5.74) is 0.776. The number of nitrogens with one attached hydrogen (secondary N) is 1. The zero-order valence-corrected chi connectivity index (χ0v) is 14.4. The van der Waals surface area contributed by atoms with Crippen LogP contribution in [0.25, 0.3) is 0 Å². The minimum absolute atomic E-state index is 0.144. The lowest BCUT2D eigenvalue weighted by atomic mass is 9.74. The van der Waals surface area contributed by atoms with Crippen LogP contribution >= 0.6 is 15.9 Å². The van der Waals surface area contributed by atoms with Crippen molar-refractivity contribution in [3.8, 4) is 0 Å². The molecule has 0 radical (unpaired) electrons. The van der Waals surface area contributed by atoms with Crippen molar-refractivity contribution >= 4 is 27.3 Å². The molecule has 0 amide bonds. The Bertz CT molecular complexity index is 519. The average molecular weight is 355 g/mol. The van der Waals surface area contributed by atoms with E-state index in [2.05, 4.69) is 42.0 Å². The predicted molar refractivity (Wildman–Crippen MR) is 89.6 cm³/mol. The second-order valence-corrected chi connectivity index (χ2v) is 7.41. The third-order valence-electron chi connectivity index (χ3n) is 4.52. The van der Waals surface area contributed by atoms with Crippen LogP contribution in [0, 0.1) is 27.9 Å². The smallest absolute Gasteiger partial charge is 0.293 e. The zero-order valence-electron chi connectivity index (χ0n) is 12.8. The maximum absolute atomic E-state index is 11.2. The Labute approximate surface area is 134 Å². The SMILES string of the molecule is CC1CCC(C(C)C)C(Nc2ccc(Br)cc2[N+](=O)[O-])C1. The molecule has 4 nitrogen and oxygen atoms in total. The second-order valence-electron chi connectivity index (χ2n) is 6.50. The van der Waals surface area contributed by atoms with Gasteiger partial charge < -0.3 is 5.32 Å². The molecule has 0 aromatic heterocycles. The summed E-state index contributed by atoms with van der Waals surface area (Å²) in [5, 5.41) is 14.7. The van der Waals surface area contributed by atoms with Gasteiger partial charge in [0.1, 0.15) is 5.69 Å². The van der Waals surface area contributed by atoms with Gasteiger partial charge in [-0.2, -0.15) is 0 Å². The Morgan fingerprint density at radius 1 is 1.38 bits per heavy atom. The van der Waals surface area contributed by atoms with Crippen LogP contribution in [0.5, 0.6) is 0 Å². The fourth-order valence-electron chi connectivity index (χ4n) is 3.35. The highest BCUT2D eigenvalue weighted by molar-refractivity contribution is 9.10. The third-order valence-corrected chi connectivity index (χ3v) is 5.01. The van der Waals surface area contributed by atoms with Crippen LogP contribution in [0.15, 0.2) is 22.7 Å². The van der Waals surface area contributed by atoms with E-state index in [-0.39, 0.29) is 10.6 Å². The van der Waals surface area contributed by atoms with Gasteiger partial charge in [-0.3, -0.25) is 10.1 Å². The van der Waals surface area contributed by atoms with Crippen LogP contribution in [0.2, 0.25) is 0 Å². The maximum Gasteiger partial charge on any atom is 0.293 e. The number of anilines is 1. The largest absolute Gasteiger partial charge is 0.376 e. The molecule has 0 saturated heterocycles. The molecule has 116 valence electrons. The topological polar surface area (TPSA) is 55.2 Å².